The van der Waals surface area contributed by atoms with E-state index in [1.807, 2.05) is 38.1 Å². The van der Waals surface area contributed by atoms with Crippen LogP contribution in [0.5, 0.6) is 0 Å². The molecule has 0 bridgehead atoms. The molecule has 140 valence electrons. The predicted molar refractivity (Wildman–Crippen MR) is 111 cm³/mol. The fourth-order valence-corrected chi connectivity index (χ4v) is 4.31. The Bertz CT molecular complexity index is 1240. The minimum absolute atomic E-state index is 0.0391. The minimum atomic E-state index is -0.434. The van der Waals surface area contributed by atoms with Crippen LogP contribution in [0.1, 0.15) is 21.8 Å². The molecule has 4 rings (SSSR count). The van der Waals surface area contributed by atoms with Crippen LogP contribution in [-0.4, -0.2) is 14.9 Å². The predicted octanol–water partition coefficient (Wildman–Crippen LogP) is 4.77. The van der Waals surface area contributed by atoms with Gasteiger partial charge in [-0.3, -0.25) is 14.9 Å². The Morgan fingerprint density at radius 1 is 1.07 bits per heavy atom. The fraction of sp³-hybridized carbons (Fsp3) is 0.143. The number of rotatable bonds is 4. The number of hydrogen-bond acceptors (Lipinski definition) is 5. The molecule has 0 radical (unpaired) electrons. The van der Waals surface area contributed by atoms with Crippen molar-refractivity contribution in [1.29, 1.82) is 0 Å². The number of hydrogen-bond donors (Lipinski definition) is 1. The van der Waals surface area contributed by atoms with Crippen LogP contribution >= 0.6 is 11.3 Å². The van der Waals surface area contributed by atoms with Gasteiger partial charge < -0.3 is 4.98 Å². The highest BCUT2D eigenvalue weighted by atomic mass is 32.1. The molecule has 0 spiro atoms. The number of benzene rings is 2. The molecule has 0 atom stereocenters. The average Bonchev–Trinajstić information content (AvgIpc) is 2.99. The van der Waals surface area contributed by atoms with E-state index < -0.39 is 4.92 Å². The first kappa shape index (κ1) is 18.1. The van der Waals surface area contributed by atoms with Crippen LogP contribution in [0.25, 0.3) is 21.3 Å². The van der Waals surface area contributed by atoms with E-state index in [1.54, 1.807) is 12.1 Å². The molecule has 6 nitrogen and oxygen atoms in total. The standard InChI is InChI=1S/C21H17N3O3S/c1-12-3-7-15(8-4-12)18-13(2)28-21-19(18)20(25)22-17(23-21)11-14-5-9-16(10-6-14)24(26)27/h3-10H,11H2,1-2H3,(H,22,23,25). The first-order valence-electron chi connectivity index (χ1n) is 8.75. The highest BCUT2D eigenvalue weighted by Gasteiger charge is 2.17. The molecule has 0 saturated carbocycles. The quantitative estimate of drug-likeness (QED) is 0.401. The van der Waals surface area contributed by atoms with Crippen LogP contribution < -0.4 is 5.56 Å². The number of nitrogens with one attached hydrogen (secondary N) is 1. The molecule has 4 aromatic rings. The van der Waals surface area contributed by atoms with Crippen molar-refractivity contribution in [1.82, 2.24) is 9.97 Å². The molecule has 0 fully saturated rings. The van der Waals surface area contributed by atoms with Crippen LogP contribution in [0.2, 0.25) is 0 Å². The number of aryl methyl sites for hydroxylation is 2. The van der Waals surface area contributed by atoms with E-state index in [0.717, 1.165) is 21.6 Å². The number of nitro benzene ring substituents is 1. The van der Waals surface area contributed by atoms with Crippen LogP contribution in [-0.2, 0) is 6.42 Å². The van der Waals surface area contributed by atoms with E-state index in [-0.39, 0.29) is 11.2 Å². The van der Waals surface area contributed by atoms with E-state index in [2.05, 4.69) is 9.97 Å². The van der Waals surface area contributed by atoms with Gasteiger partial charge in [0.05, 0.1) is 10.3 Å². The third-order valence-corrected chi connectivity index (χ3v) is 5.65. The molecule has 0 aliphatic carbocycles. The van der Waals surface area contributed by atoms with E-state index in [9.17, 15) is 14.9 Å². The van der Waals surface area contributed by atoms with Crippen molar-refractivity contribution in [3.63, 3.8) is 0 Å². The highest BCUT2D eigenvalue weighted by molar-refractivity contribution is 7.19. The zero-order valence-corrected chi connectivity index (χ0v) is 16.2. The summed E-state index contributed by atoms with van der Waals surface area (Å²) in [7, 11) is 0. The molecular weight excluding hydrogens is 374 g/mol. The van der Waals surface area contributed by atoms with Gasteiger partial charge in [0.15, 0.2) is 0 Å². The zero-order valence-electron chi connectivity index (χ0n) is 15.4. The molecule has 0 aliphatic rings. The Hall–Kier alpha value is -3.32. The number of nitro groups is 1. The number of thiophene rings is 1. The topological polar surface area (TPSA) is 88.9 Å². The van der Waals surface area contributed by atoms with Crippen molar-refractivity contribution >= 4 is 27.2 Å². The second-order valence-electron chi connectivity index (χ2n) is 6.69. The maximum Gasteiger partial charge on any atom is 0.269 e. The summed E-state index contributed by atoms with van der Waals surface area (Å²) in [5.74, 6) is 0.544. The lowest BCUT2D eigenvalue weighted by Crippen LogP contribution is -2.11. The van der Waals surface area contributed by atoms with E-state index >= 15 is 0 Å². The summed E-state index contributed by atoms with van der Waals surface area (Å²) in [6, 6.07) is 14.4. The molecule has 0 unspecified atom stereocenters. The summed E-state index contributed by atoms with van der Waals surface area (Å²) in [5, 5.41) is 11.4. The van der Waals surface area contributed by atoms with Gasteiger partial charge in [-0.25, -0.2) is 4.98 Å². The maximum atomic E-state index is 12.8. The van der Waals surface area contributed by atoms with E-state index in [1.165, 1.54) is 29.0 Å². The second kappa shape index (κ2) is 7.01. The molecule has 2 aromatic heterocycles. The molecule has 1 N–H and O–H groups in total. The third kappa shape index (κ3) is 3.32. The van der Waals surface area contributed by atoms with Gasteiger partial charge >= 0.3 is 0 Å². The third-order valence-electron chi connectivity index (χ3n) is 4.65. The van der Waals surface area contributed by atoms with Gasteiger partial charge in [-0.2, -0.15) is 0 Å². The van der Waals surface area contributed by atoms with Gasteiger partial charge in [0.2, 0.25) is 0 Å². The number of H-pyrrole nitrogens is 1. The summed E-state index contributed by atoms with van der Waals surface area (Å²) in [6.45, 7) is 4.03. The number of non-ortho nitro benzene ring substituents is 1. The summed E-state index contributed by atoms with van der Waals surface area (Å²) in [6.07, 6.45) is 0.403. The smallest absolute Gasteiger partial charge is 0.269 e. The zero-order chi connectivity index (χ0) is 19.8. The Kier molecular flexibility index (Phi) is 4.52. The summed E-state index contributed by atoms with van der Waals surface area (Å²) >= 11 is 1.50. The average molecular weight is 391 g/mol. The molecule has 0 saturated heterocycles. The van der Waals surface area contributed by atoms with Crippen LogP contribution in [0, 0.1) is 24.0 Å². The molecular formula is C21H17N3O3S. The Morgan fingerprint density at radius 2 is 1.75 bits per heavy atom. The van der Waals surface area contributed by atoms with Crippen LogP contribution in [0.3, 0.4) is 0 Å². The van der Waals surface area contributed by atoms with Crippen molar-refractivity contribution in [3.8, 4) is 11.1 Å². The van der Waals surface area contributed by atoms with Crippen molar-refractivity contribution in [2.24, 2.45) is 0 Å². The largest absolute Gasteiger partial charge is 0.310 e. The van der Waals surface area contributed by atoms with Gasteiger partial charge in [0, 0.05) is 29.0 Å². The molecule has 0 aliphatic heterocycles. The van der Waals surface area contributed by atoms with Crippen molar-refractivity contribution in [3.05, 3.63) is 90.8 Å². The number of nitrogens with zero attached hydrogens (tertiary/aromatic N) is 2. The normalized spacial score (nSPS) is 11.1. The number of aromatic nitrogens is 2. The van der Waals surface area contributed by atoms with Crippen molar-refractivity contribution in [2.45, 2.75) is 20.3 Å². The minimum Gasteiger partial charge on any atom is -0.310 e. The maximum absolute atomic E-state index is 12.8. The fourth-order valence-electron chi connectivity index (χ4n) is 3.24. The van der Waals surface area contributed by atoms with Gasteiger partial charge in [-0.05, 0) is 25.0 Å². The van der Waals surface area contributed by atoms with E-state index in [0.29, 0.717) is 22.5 Å². The van der Waals surface area contributed by atoms with Crippen molar-refractivity contribution < 1.29 is 4.92 Å². The van der Waals surface area contributed by atoms with Gasteiger partial charge in [-0.1, -0.05) is 42.0 Å². The molecule has 2 heterocycles. The van der Waals surface area contributed by atoms with E-state index in [4.69, 9.17) is 0 Å². The monoisotopic (exact) mass is 391 g/mol. The SMILES string of the molecule is Cc1ccc(-c2c(C)sc3nc(Cc4ccc([N+](=O)[O-])cc4)[nH]c(=O)c23)cc1. The lowest BCUT2D eigenvalue weighted by molar-refractivity contribution is -0.384. The summed E-state index contributed by atoms with van der Waals surface area (Å²) in [4.78, 5) is 32.4. The Morgan fingerprint density at radius 3 is 2.39 bits per heavy atom. The van der Waals surface area contributed by atoms with Gasteiger partial charge in [0.25, 0.3) is 11.2 Å². The van der Waals surface area contributed by atoms with Crippen LogP contribution in [0.15, 0.2) is 53.3 Å². The van der Waals surface area contributed by atoms with Crippen molar-refractivity contribution in [2.75, 3.05) is 0 Å². The first-order valence-corrected chi connectivity index (χ1v) is 9.56. The number of aromatic amines is 1. The summed E-state index contributed by atoms with van der Waals surface area (Å²) in [5.41, 5.74) is 3.82. The number of fused-ring (bicyclic) bond motifs is 1. The van der Waals surface area contributed by atoms with Gasteiger partial charge in [0.1, 0.15) is 10.7 Å². The molecule has 2 aromatic carbocycles. The molecule has 7 heteroatoms. The lowest BCUT2D eigenvalue weighted by atomic mass is 10.0. The van der Waals surface area contributed by atoms with Crippen LogP contribution in [0.4, 0.5) is 5.69 Å². The Balaban J connectivity index is 1.74. The Labute approximate surface area is 164 Å². The second-order valence-corrected chi connectivity index (χ2v) is 7.90. The highest BCUT2D eigenvalue weighted by Crippen LogP contribution is 2.35. The molecule has 28 heavy (non-hydrogen) atoms. The molecule has 0 amide bonds. The summed E-state index contributed by atoms with van der Waals surface area (Å²) < 4.78 is 0. The van der Waals surface area contributed by atoms with Gasteiger partial charge in [-0.15, -0.1) is 11.3 Å². The first-order chi connectivity index (χ1) is 13.4. The lowest BCUT2D eigenvalue weighted by Gasteiger charge is -2.04.